The first-order valence-electron chi connectivity index (χ1n) is 5.48. The molecule has 0 aliphatic carbocycles. The normalized spacial score (nSPS) is 17.1. The number of phenols is 1. The predicted molar refractivity (Wildman–Crippen MR) is 81.0 cm³/mol. The van der Waals surface area contributed by atoms with Crippen molar-refractivity contribution in [3.63, 3.8) is 0 Å². The van der Waals surface area contributed by atoms with Crippen LogP contribution in [-0.2, 0) is 4.79 Å². The molecule has 0 atom stereocenters. The van der Waals surface area contributed by atoms with Crippen molar-refractivity contribution < 1.29 is 14.7 Å². The molecule has 1 heterocycles. The van der Waals surface area contributed by atoms with Gasteiger partial charge in [-0.05, 0) is 35.5 Å². The van der Waals surface area contributed by atoms with Crippen molar-refractivity contribution in [3.8, 4) is 5.75 Å². The van der Waals surface area contributed by atoms with Crippen LogP contribution >= 0.6 is 35.0 Å². The Morgan fingerprint density at radius 1 is 1.30 bits per heavy atom. The van der Waals surface area contributed by atoms with Crippen molar-refractivity contribution in [2.75, 3.05) is 6.54 Å². The highest BCUT2D eigenvalue weighted by Crippen LogP contribution is 2.36. The monoisotopic (exact) mass is 329 g/mol. The molecule has 1 aliphatic rings. The van der Waals surface area contributed by atoms with Gasteiger partial charge in [-0.15, -0.1) is 6.58 Å². The molecule has 2 rings (SSSR count). The number of imide groups is 1. The molecule has 1 aromatic rings. The van der Waals surface area contributed by atoms with Crippen LogP contribution in [0.3, 0.4) is 0 Å². The first-order chi connectivity index (χ1) is 9.43. The molecule has 0 spiro atoms. The summed E-state index contributed by atoms with van der Waals surface area (Å²) < 4.78 is 0. The zero-order valence-corrected chi connectivity index (χ0v) is 12.4. The Hall–Kier alpha value is -1.43. The summed E-state index contributed by atoms with van der Waals surface area (Å²) in [5, 5.41) is 9.27. The fourth-order valence-electron chi connectivity index (χ4n) is 1.61. The van der Waals surface area contributed by atoms with Gasteiger partial charge in [-0.25, -0.2) is 0 Å². The molecule has 104 valence electrons. The molecule has 2 amide bonds. The van der Waals surface area contributed by atoms with Crippen LogP contribution in [0.5, 0.6) is 5.75 Å². The highest BCUT2D eigenvalue weighted by molar-refractivity contribution is 8.18. The van der Waals surface area contributed by atoms with Crippen LogP contribution in [0.4, 0.5) is 4.79 Å². The van der Waals surface area contributed by atoms with Gasteiger partial charge in [0.25, 0.3) is 11.1 Å². The number of amides is 2. The largest absolute Gasteiger partial charge is 0.505 e. The van der Waals surface area contributed by atoms with E-state index in [1.54, 1.807) is 0 Å². The van der Waals surface area contributed by atoms with Crippen molar-refractivity contribution in [2.45, 2.75) is 0 Å². The lowest BCUT2D eigenvalue weighted by Gasteiger charge is -2.07. The Balaban J connectivity index is 2.35. The Bertz CT molecular complexity index is 619. The Morgan fingerprint density at radius 3 is 2.45 bits per heavy atom. The van der Waals surface area contributed by atoms with E-state index in [9.17, 15) is 14.7 Å². The zero-order chi connectivity index (χ0) is 14.9. The van der Waals surface area contributed by atoms with E-state index in [0.717, 1.165) is 16.7 Å². The Morgan fingerprint density at radius 2 is 1.90 bits per heavy atom. The minimum atomic E-state index is -0.389. The smallest absolute Gasteiger partial charge is 0.293 e. The molecule has 1 aliphatic heterocycles. The van der Waals surface area contributed by atoms with E-state index >= 15 is 0 Å². The minimum Gasteiger partial charge on any atom is -0.505 e. The van der Waals surface area contributed by atoms with Crippen LogP contribution in [0.1, 0.15) is 5.56 Å². The third-order valence-electron chi connectivity index (χ3n) is 2.52. The van der Waals surface area contributed by atoms with Gasteiger partial charge in [-0.1, -0.05) is 29.3 Å². The number of hydrogen-bond acceptors (Lipinski definition) is 4. The van der Waals surface area contributed by atoms with Crippen LogP contribution in [-0.4, -0.2) is 27.7 Å². The van der Waals surface area contributed by atoms with Gasteiger partial charge in [0.05, 0.1) is 15.0 Å². The number of benzene rings is 1. The average Bonchev–Trinajstić information content (AvgIpc) is 2.64. The molecular formula is C13H9Cl2NO3S. The SMILES string of the molecule is C=CCN1C(=O)S/C(=C/c2cc(Cl)c(O)c(Cl)c2)C1=O. The number of rotatable bonds is 3. The van der Waals surface area contributed by atoms with Crippen LogP contribution in [0.2, 0.25) is 10.0 Å². The van der Waals surface area contributed by atoms with Gasteiger partial charge in [-0.3, -0.25) is 14.5 Å². The average molecular weight is 330 g/mol. The summed E-state index contributed by atoms with van der Waals surface area (Å²) in [7, 11) is 0. The molecule has 7 heteroatoms. The van der Waals surface area contributed by atoms with Gasteiger partial charge in [0, 0.05) is 6.54 Å². The maximum atomic E-state index is 12.0. The maximum Gasteiger partial charge on any atom is 0.293 e. The highest BCUT2D eigenvalue weighted by Gasteiger charge is 2.34. The van der Waals surface area contributed by atoms with E-state index in [1.165, 1.54) is 24.3 Å². The number of thioether (sulfide) groups is 1. The van der Waals surface area contributed by atoms with Crippen LogP contribution < -0.4 is 0 Å². The van der Waals surface area contributed by atoms with Crippen molar-refractivity contribution in [3.05, 3.63) is 45.3 Å². The second kappa shape index (κ2) is 5.91. The number of phenolic OH excluding ortho intramolecular Hbond substituents is 1. The standard InChI is InChI=1S/C13H9Cl2NO3S/c1-2-3-16-12(18)10(20-13(16)19)6-7-4-8(14)11(17)9(15)5-7/h2,4-6,17H,1,3H2/b10-6+. The Kier molecular flexibility index (Phi) is 4.42. The number of carbonyl (C=O) groups is 2. The lowest BCUT2D eigenvalue weighted by Crippen LogP contribution is -2.27. The van der Waals surface area contributed by atoms with Crippen LogP contribution in [0.15, 0.2) is 29.7 Å². The molecule has 0 saturated carbocycles. The van der Waals surface area contributed by atoms with Crippen molar-refractivity contribution >= 4 is 52.2 Å². The molecule has 0 aromatic heterocycles. The van der Waals surface area contributed by atoms with E-state index in [-0.39, 0.29) is 38.4 Å². The number of aromatic hydroxyl groups is 1. The number of halogens is 2. The third-order valence-corrected chi connectivity index (χ3v) is 4.01. The predicted octanol–water partition coefficient (Wildman–Crippen LogP) is 3.92. The van der Waals surface area contributed by atoms with Crippen molar-refractivity contribution in [1.82, 2.24) is 4.90 Å². The number of hydrogen-bond donors (Lipinski definition) is 1. The second-order valence-corrected chi connectivity index (χ2v) is 5.72. The Labute approximate surface area is 129 Å². The molecule has 20 heavy (non-hydrogen) atoms. The van der Waals surface area contributed by atoms with E-state index in [0.29, 0.717) is 5.56 Å². The quantitative estimate of drug-likeness (QED) is 0.674. The fourth-order valence-corrected chi connectivity index (χ4v) is 2.96. The molecule has 1 N–H and O–H groups in total. The summed E-state index contributed by atoms with van der Waals surface area (Å²) in [6.07, 6.45) is 2.98. The van der Waals surface area contributed by atoms with Crippen LogP contribution in [0, 0.1) is 0 Å². The van der Waals surface area contributed by atoms with Crippen LogP contribution in [0.25, 0.3) is 6.08 Å². The van der Waals surface area contributed by atoms with E-state index < -0.39 is 0 Å². The topological polar surface area (TPSA) is 57.6 Å². The van der Waals surface area contributed by atoms with Gasteiger partial charge in [0.15, 0.2) is 5.75 Å². The maximum absolute atomic E-state index is 12.0. The van der Waals surface area contributed by atoms with Crippen molar-refractivity contribution in [2.24, 2.45) is 0 Å². The van der Waals surface area contributed by atoms with E-state index in [1.807, 2.05) is 0 Å². The summed E-state index contributed by atoms with van der Waals surface area (Å²) >= 11 is 12.4. The second-order valence-electron chi connectivity index (χ2n) is 3.91. The summed E-state index contributed by atoms with van der Waals surface area (Å²) in [5.74, 6) is -0.606. The number of nitrogens with zero attached hydrogens (tertiary/aromatic N) is 1. The summed E-state index contributed by atoms with van der Waals surface area (Å²) in [4.78, 5) is 25.0. The van der Waals surface area contributed by atoms with Gasteiger partial charge in [-0.2, -0.15) is 0 Å². The molecule has 4 nitrogen and oxygen atoms in total. The molecule has 1 saturated heterocycles. The van der Waals surface area contributed by atoms with Crippen molar-refractivity contribution in [1.29, 1.82) is 0 Å². The highest BCUT2D eigenvalue weighted by atomic mass is 35.5. The van der Waals surface area contributed by atoms with E-state index in [4.69, 9.17) is 23.2 Å². The van der Waals surface area contributed by atoms with E-state index in [2.05, 4.69) is 6.58 Å². The minimum absolute atomic E-state index is 0.0778. The molecule has 0 unspecified atom stereocenters. The zero-order valence-electron chi connectivity index (χ0n) is 10.1. The molecule has 0 bridgehead atoms. The van der Waals surface area contributed by atoms with Gasteiger partial charge < -0.3 is 5.11 Å². The number of carbonyl (C=O) groups excluding carboxylic acids is 2. The lowest BCUT2D eigenvalue weighted by atomic mass is 10.2. The summed E-state index contributed by atoms with van der Waals surface area (Å²) in [5.41, 5.74) is 0.530. The molecule has 1 fully saturated rings. The third kappa shape index (κ3) is 2.85. The summed E-state index contributed by atoms with van der Waals surface area (Å²) in [6, 6.07) is 2.93. The lowest BCUT2D eigenvalue weighted by molar-refractivity contribution is -0.122. The first kappa shape index (κ1) is 15.0. The first-order valence-corrected chi connectivity index (χ1v) is 7.05. The van der Waals surface area contributed by atoms with Gasteiger partial charge in [0.2, 0.25) is 0 Å². The molecular weight excluding hydrogens is 321 g/mol. The summed E-state index contributed by atoms with van der Waals surface area (Å²) in [6.45, 7) is 3.66. The fraction of sp³-hybridized carbons (Fsp3) is 0.0769. The molecule has 1 aromatic carbocycles. The van der Waals surface area contributed by atoms with Gasteiger partial charge in [0.1, 0.15) is 0 Å². The molecule has 0 radical (unpaired) electrons. The van der Waals surface area contributed by atoms with Gasteiger partial charge >= 0.3 is 0 Å².